The van der Waals surface area contributed by atoms with Gasteiger partial charge in [0.25, 0.3) is 0 Å². The van der Waals surface area contributed by atoms with E-state index >= 15 is 0 Å². The number of rotatable bonds is 6. The van der Waals surface area contributed by atoms with Crippen molar-refractivity contribution < 1.29 is 14.3 Å². The molecule has 0 bridgehead atoms. The average molecular weight is 556 g/mol. The molecule has 1 saturated heterocycles. The Labute approximate surface area is 213 Å². The Morgan fingerprint density at radius 1 is 1.06 bits per heavy atom. The van der Waals surface area contributed by atoms with Gasteiger partial charge in [0.1, 0.15) is 5.01 Å². The lowest BCUT2D eigenvalue weighted by Gasteiger charge is -2.26. The maximum atomic E-state index is 12.5. The number of aromatic nitrogens is 4. The zero-order valence-corrected chi connectivity index (χ0v) is 21.0. The van der Waals surface area contributed by atoms with Gasteiger partial charge in [-0.05, 0) is 24.3 Å². The van der Waals surface area contributed by atoms with Crippen LogP contribution in [0.15, 0.2) is 53.4 Å². The zero-order valence-electron chi connectivity index (χ0n) is 18.6. The molecule has 4 aromatic rings. The van der Waals surface area contributed by atoms with E-state index in [0.717, 1.165) is 58.1 Å². The number of anilines is 2. The molecule has 1 aliphatic heterocycles. The van der Waals surface area contributed by atoms with Gasteiger partial charge in [0.15, 0.2) is 5.82 Å². The zero-order chi connectivity index (χ0) is 24.2. The van der Waals surface area contributed by atoms with Crippen LogP contribution >= 0.6 is 27.3 Å². The SMILES string of the molecule is O=C(Nc1cncc(-c2nc3cc(Br)ccc3s2)c1)C(=O)Nc1ccn(CCN2CCOCC2)n1. The summed E-state index contributed by atoms with van der Waals surface area (Å²) in [7, 11) is 0. The van der Waals surface area contributed by atoms with Crippen LogP contribution in [0.2, 0.25) is 0 Å². The molecule has 0 atom stereocenters. The number of carbonyl (C=O) groups is 2. The van der Waals surface area contributed by atoms with Gasteiger partial charge in [-0.2, -0.15) is 5.10 Å². The maximum absolute atomic E-state index is 12.5. The van der Waals surface area contributed by atoms with E-state index < -0.39 is 11.8 Å². The summed E-state index contributed by atoms with van der Waals surface area (Å²) in [6.45, 7) is 4.81. The highest BCUT2D eigenvalue weighted by Crippen LogP contribution is 2.32. The quantitative estimate of drug-likeness (QED) is 0.351. The number of carbonyl (C=O) groups excluding carboxylic acids is 2. The topological polar surface area (TPSA) is 114 Å². The summed E-state index contributed by atoms with van der Waals surface area (Å²) in [5.41, 5.74) is 2.02. The first-order chi connectivity index (χ1) is 17.0. The standard InChI is InChI=1S/C23H22BrN7O3S/c24-16-1-2-19-18(12-16)27-23(35-19)15-11-17(14-25-13-15)26-21(32)22(33)28-20-3-4-31(29-20)6-5-30-7-9-34-10-8-30/h1-4,11-14H,5-10H2,(H,26,32)(H,28,29,33). The Balaban J connectivity index is 1.18. The third-order valence-corrected chi connectivity index (χ3v) is 7.01. The average Bonchev–Trinajstić information content (AvgIpc) is 3.50. The predicted octanol–water partition coefficient (Wildman–Crippen LogP) is 3.23. The number of hydrogen-bond donors (Lipinski definition) is 2. The molecular formula is C23H22BrN7O3S. The summed E-state index contributed by atoms with van der Waals surface area (Å²) in [5, 5.41) is 10.2. The molecule has 180 valence electrons. The van der Waals surface area contributed by atoms with E-state index in [-0.39, 0.29) is 0 Å². The van der Waals surface area contributed by atoms with Crippen molar-refractivity contribution in [3.05, 3.63) is 53.4 Å². The molecule has 10 nitrogen and oxygen atoms in total. The van der Waals surface area contributed by atoms with Gasteiger partial charge < -0.3 is 15.4 Å². The summed E-state index contributed by atoms with van der Waals surface area (Å²) in [6.07, 6.45) is 4.93. The molecule has 2 amide bonds. The lowest BCUT2D eigenvalue weighted by molar-refractivity contribution is -0.133. The molecule has 2 N–H and O–H groups in total. The highest BCUT2D eigenvalue weighted by molar-refractivity contribution is 9.10. The first kappa shape index (κ1) is 23.5. The molecule has 1 aromatic carbocycles. The summed E-state index contributed by atoms with van der Waals surface area (Å²) < 4.78 is 9.09. The van der Waals surface area contributed by atoms with E-state index in [1.807, 2.05) is 18.2 Å². The fraction of sp³-hybridized carbons (Fsp3) is 0.261. The Morgan fingerprint density at radius 2 is 1.89 bits per heavy atom. The molecule has 0 radical (unpaired) electrons. The minimum absolute atomic E-state index is 0.319. The minimum Gasteiger partial charge on any atom is -0.379 e. The molecule has 5 rings (SSSR count). The third kappa shape index (κ3) is 5.90. The molecule has 4 heterocycles. The Kier molecular flexibility index (Phi) is 7.13. The van der Waals surface area contributed by atoms with E-state index in [4.69, 9.17) is 4.74 Å². The third-order valence-electron chi connectivity index (χ3n) is 5.43. The number of halogens is 1. The number of amides is 2. The van der Waals surface area contributed by atoms with Crippen molar-refractivity contribution in [2.45, 2.75) is 6.54 Å². The molecule has 0 spiro atoms. The van der Waals surface area contributed by atoms with Gasteiger partial charge in [-0.3, -0.25) is 24.2 Å². The van der Waals surface area contributed by atoms with Crippen LogP contribution in [0, 0.1) is 0 Å². The van der Waals surface area contributed by atoms with Crippen LogP contribution in [-0.4, -0.2) is 69.3 Å². The number of fused-ring (bicyclic) bond motifs is 1. The van der Waals surface area contributed by atoms with Gasteiger partial charge in [-0.25, -0.2) is 4.98 Å². The molecule has 1 aliphatic rings. The van der Waals surface area contributed by atoms with Gasteiger partial charge in [-0.15, -0.1) is 11.3 Å². The largest absolute Gasteiger partial charge is 0.379 e. The van der Waals surface area contributed by atoms with Crippen molar-refractivity contribution >= 4 is 60.8 Å². The first-order valence-electron chi connectivity index (χ1n) is 11.0. The summed E-state index contributed by atoms with van der Waals surface area (Å²) in [5.74, 6) is -1.29. The smallest absolute Gasteiger partial charge is 0.315 e. The highest BCUT2D eigenvalue weighted by atomic mass is 79.9. The number of ether oxygens (including phenoxy) is 1. The lowest BCUT2D eigenvalue weighted by Crippen LogP contribution is -2.38. The molecule has 12 heteroatoms. The van der Waals surface area contributed by atoms with Crippen LogP contribution in [-0.2, 0) is 20.9 Å². The van der Waals surface area contributed by atoms with Crippen molar-refractivity contribution in [2.24, 2.45) is 0 Å². The fourth-order valence-electron chi connectivity index (χ4n) is 3.63. The van der Waals surface area contributed by atoms with Crippen LogP contribution < -0.4 is 10.6 Å². The monoisotopic (exact) mass is 555 g/mol. The number of nitrogens with zero attached hydrogens (tertiary/aromatic N) is 5. The number of nitrogens with one attached hydrogen (secondary N) is 2. The molecule has 0 unspecified atom stereocenters. The number of morpholine rings is 1. The first-order valence-corrected chi connectivity index (χ1v) is 12.6. The van der Waals surface area contributed by atoms with Crippen molar-refractivity contribution in [1.29, 1.82) is 0 Å². The van der Waals surface area contributed by atoms with Crippen molar-refractivity contribution in [2.75, 3.05) is 43.5 Å². The lowest BCUT2D eigenvalue weighted by atomic mass is 10.2. The number of pyridine rings is 1. The second-order valence-corrected chi connectivity index (χ2v) is 9.87. The maximum Gasteiger partial charge on any atom is 0.315 e. The van der Waals surface area contributed by atoms with Gasteiger partial charge in [0.2, 0.25) is 0 Å². The van der Waals surface area contributed by atoms with Crippen molar-refractivity contribution in [3.8, 4) is 10.6 Å². The molecule has 3 aromatic heterocycles. The second kappa shape index (κ2) is 10.6. The summed E-state index contributed by atoms with van der Waals surface area (Å²) in [6, 6.07) is 9.31. The van der Waals surface area contributed by atoms with E-state index in [9.17, 15) is 9.59 Å². The second-order valence-electron chi connectivity index (χ2n) is 7.92. The molecular weight excluding hydrogens is 534 g/mol. The molecule has 0 aliphatic carbocycles. The van der Waals surface area contributed by atoms with E-state index in [0.29, 0.717) is 18.1 Å². The van der Waals surface area contributed by atoms with E-state index in [1.165, 1.54) is 17.5 Å². The van der Waals surface area contributed by atoms with Crippen LogP contribution in [0.25, 0.3) is 20.8 Å². The Bertz CT molecular complexity index is 1370. The van der Waals surface area contributed by atoms with Crippen molar-refractivity contribution in [1.82, 2.24) is 24.6 Å². The normalized spacial score (nSPS) is 14.2. The minimum atomic E-state index is -0.807. The van der Waals surface area contributed by atoms with Gasteiger partial charge in [-0.1, -0.05) is 15.9 Å². The predicted molar refractivity (Wildman–Crippen MR) is 137 cm³/mol. The molecule has 0 saturated carbocycles. The number of thiazole rings is 1. The van der Waals surface area contributed by atoms with Gasteiger partial charge in [0.05, 0.1) is 41.9 Å². The summed E-state index contributed by atoms with van der Waals surface area (Å²) in [4.78, 5) is 36.0. The van der Waals surface area contributed by atoms with Crippen molar-refractivity contribution in [3.63, 3.8) is 0 Å². The fourth-order valence-corrected chi connectivity index (χ4v) is 4.91. The van der Waals surface area contributed by atoms with Gasteiger partial charge in [0, 0.05) is 48.1 Å². The number of hydrogen-bond acceptors (Lipinski definition) is 8. The summed E-state index contributed by atoms with van der Waals surface area (Å²) >= 11 is 4.98. The van der Waals surface area contributed by atoms with E-state index in [1.54, 1.807) is 29.2 Å². The Hall–Kier alpha value is -3.19. The van der Waals surface area contributed by atoms with Gasteiger partial charge >= 0.3 is 11.8 Å². The van der Waals surface area contributed by atoms with Crippen LogP contribution in [0.5, 0.6) is 0 Å². The molecule has 1 fully saturated rings. The number of benzene rings is 1. The molecule has 35 heavy (non-hydrogen) atoms. The Morgan fingerprint density at radius 3 is 2.74 bits per heavy atom. The van der Waals surface area contributed by atoms with Crippen LogP contribution in [0.4, 0.5) is 11.5 Å². The highest BCUT2D eigenvalue weighted by Gasteiger charge is 2.17. The van der Waals surface area contributed by atoms with Crippen LogP contribution in [0.3, 0.4) is 0 Å². The van der Waals surface area contributed by atoms with E-state index in [2.05, 4.69) is 46.5 Å². The van der Waals surface area contributed by atoms with Crippen LogP contribution in [0.1, 0.15) is 0 Å².